The Labute approximate surface area is 231 Å². The fourth-order valence-corrected chi connectivity index (χ4v) is 5.08. The summed E-state index contributed by atoms with van der Waals surface area (Å²) in [5.41, 5.74) is 12.0. The van der Waals surface area contributed by atoms with Crippen LogP contribution in [-0.2, 0) is 11.2 Å². The van der Waals surface area contributed by atoms with Gasteiger partial charge >= 0.3 is 6.09 Å². The van der Waals surface area contributed by atoms with Crippen LogP contribution in [0.15, 0.2) is 97.1 Å². The molecule has 4 aromatic rings. The molecule has 0 fully saturated rings. The number of nitro groups is 1. The molecule has 0 aliphatic heterocycles. The van der Waals surface area contributed by atoms with Gasteiger partial charge in [-0.15, -0.1) is 0 Å². The van der Waals surface area contributed by atoms with Crippen LogP contribution in [0.3, 0.4) is 0 Å². The summed E-state index contributed by atoms with van der Waals surface area (Å²) in [7, 11) is 0. The predicted octanol–water partition coefficient (Wildman–Crippen LogP) is 6.07. The molecular formula is C30H26N4O4S. The van der Waals surface area contributed by atoms with Crippen LogP contribution in [0.2, 0.25) is 0 Å². The first-order valence-corrected chi connectivity index (χ1v) is 12.8. The second-order valence-corrected chi connectivity index (χ2v) is 9.67. The largest absolute Gasteiger partial charge is 0.449 e. The maximum Gasteiger partial charge on any atom is 0.407 e. The standard InChI is InChI=1S/C30H26N4O4S/c31-26-15-14-20(34(36)37)17-27(26)32-29(39)28(16-19-8-2-1-3-9-19)33-30(35)38-18-25-23-12-6-4-10-21(23)22-11-5-7-13-24(22)25/h1-15,17,25,28H,16,18,31H2,(H,32,39)(H,33,35). The molecule has 0 aromatic heterocycles. The zero-order chi connectivity index (χ0) is 27.4. The number of nitrogens with one attached hydrogen (secondary N) is 2. The smallest absolute Gasteiger partial charge is 0.407 e. The molecule has 1 aliphatic carbocycles. The number of fused-ring (bicyclic) bond motifs is 3. The molecule has 0 heterocycles. The quantitative estimate of drug-likeness (QED) is 0.108. The summed E-state index contributed by atoms with van der Waals surface area (Å²) < 4.78 is 5.73. The lowest BCUT2D eigenvalue weighted by molar-refractivity contribution is -0.384. The van der Waals surface area contributed by atoms with Gasteiger partial charge in [-0.25, -0.2) is 4.79 Å². The zero-order valence-electron chi connectivity index (χ0n) is 20.9. The number of nitrogens with two attached hydrogens (primary N) is 1. The Morgan fingerprint density at radius 1 is 0.949 bits per heavy atom. The van der Waals surface area contributed by atoms with Crippen LogP contribution in [0.1, 0.15) is 22.6 Å². The van der Waals surface area contributed by atoms with Crippen molar-refractivity contribution in [1.82, 2.24) is 5.32 Å². The van der Waals surface area contributed by atoms with E-state index in [9.17, 15) is 14.9 Å². The minimum absolute atomic E-state index is 0.0783. The highest BCUT2D eigenvalue weighted by Gasteiger charge is 2.29. The van der Waals surface area contributed by atoms with E-state index >= 15 is 0 Å². The summed E-state index contributed by atoms with van der Waals surface area (Å²) >= 11 is 5.63. The minimum atomic E-state index is -0.656. The third-order valence-corrected chi connectivity index (χ3v) is 7.13. The summed E-state index contributed by atoms with van der Waals surface area (Å²) in [6.07, 6.45) is -0.236. The molecule has 196 valence electrons. The van der Waals surface area contributed by atoms with Crippen LogP contribution < -0.4 is 16.4 Å². The molecule has 9 heteroatoms. The number of ether oxygens (including phenoxy) is 1. The van der Waals surface area contributed by atoms with Crippen LogP contribution in [-0.4, -0.2) is 28.7 Å². The number of carbonyl (C=O) groups is 1. The molecule has 0 saturated carbocycles. The number of thiocarbonyl (C=S) groups is 1. The van der Waals surface area contributed by atoms with Crippen molar-refractivity contribution >= 4 is 40.4 Å². The van der Waals surface area contributed by atoms with Crippen molar-refractivity contribution in [2.24, 2.45) is 0 Å². The van der Waals surface area contributed by atoms with Gasteiger partial charge in [0.2, 0.25) is 0 Å². The van der Waals surface area contributed by atoms with Crippen LogP contribution in [0.5, 0.6) is 0 Å². The fraction of sp³-hybridized carbons (Fsp3) is 0.133. The Hall–Kier alpha value is -4.76. The van der Waals surface area contributed by atoms with Crippen LogP contribution in [0, 0.1) is 10.1 Å². The summed E-state index contributed by atoms with van der Waals surface area (Å²) in [5, 5.41) is 17.1. The molecule has 0 radical (unpaired) electrons. The van der Waals surface area contributed by atoms with E-state index in [0.29, 0.717) is 17.8 Å². The molecule has 1 atom stereocenters. The fourth-order valence-electron chi connectivity index (χ4n) is 4.83. The van der Waals surface area contributed by atoms with Crippen LogP contribution >= 0.6 is 12.2 Å². The van der Waals surface area contributed by atoms with Gasteiger partial charge in [0.15, 0.2) is 0 Å². The number of non-ortho nitro benzene ring substituents is 1. The van der Waals surface area contributed by atoms with Crippen molar-refractivity contribution in [3.8, 4) is 11.1 Å². The minimum Gasteiger partial charge on any atom is -0.449 e. The summed E-state index contributed by atoms with van der Waals surface area (Å²) in [5.74, 6) is -0.0783. The monoisotopic (exact) mass is 538 g/mol. The molecule has 0 spiro atoms. The third kappa shape index (κ3) is 5.73. The van der Waals surface area contributed by atoms with E-state index in [0.717, 1.165) is 27.8 Å². The Bertz CT molecular complexity index is 1500. The van der Waals surface area contributed by atoms with Crippen molar-refractivity contribution < 1.29 is 14.5 Å². The van der Waals surface area contributed by atoms with Crippen LogP contribution in [0.25, 0.3) is 11.1 Å². The Morgan fingerprint density at radius 3 is 2.21 bits per heavy atom. The zero-order valence-corrected chi connectivity index (χ0v) is 21.7. The van der Waals surface area contributed by atoms with Gasteiger partial charge in [-0.2, -0.15) is 0 Å². The van der Waals surface area contributed by atoms with Crippen LogP contribution in [0.4, 0.5) is 21.9 Å². The van der Waals surface area contributed by atoms with Crippen molar-refractivity contribution in [3.63, 3.8) is 0 Å². The van der Waals surface area contributed by atoms with Gasteiger partial charge in [-0.3, -0.25) is 10.1 Å². The number of alkyl carbamates (subject to hydrolysis) is 1. The highest BCUT2D eigenvalue weighted by molar-refractivity contribution is 7.80. The molecule has 1 amide bonds. The van der Waals surface area contributed by atoms with Crippen molar-refractivity contribution in [1.29, 1.82) is 0 Å². The predicted molar refractivity (Wildman–Crippen MR) is 156 cm³/mol. The second kappa shape index (κ2) is 11.3. The van der Waals surface area contributed by atoms with Gasteiger partial charge in [0.1, 0.15) is 11.6 Å². The molecule has 4 aromatic carbocycles. The molecule has 1 unspecified atom stereocenters. The number of nitro benzene ring substituents is 1. The average Bonchev–Trinajstić information content (AvgIpc) is 3.27. The van der Waals surface area contributed by atoms with Gasteiger partial charge in [-0.1, -0.05) is 91.1 Å². The Morgan fingerprint density at radius 2 is 1.56 bits per heavy atom. The number of anilines is 2. The maximum atomic E-state index is 13.1. The van der Waals surface area contributed by atoms with Gasteiger partial charge in [0.25, 0.3) is 5.69 Å². The first-order chi connectivity index (χ1) is 18.9. The third-order valence-electron chi connectivity index (χ3n) is 6.74. The van der Waals surface area contributed by atoms with E-state index in [1.54, 1.807) is 0 Å². The summed E-state index contributed by atoms with van der Waals surface area (Å²) in [6.45, 7) is 0.163. The number of amides is 1. The highest BCUT2D eigenvalue weighted by atomic mass is 32.1. The summed E-state index contributed by atoms with van der Waals surface area (Å²) in [4.78, 5) is 24.0. The van der Waals surface area contributed by atoms with Gasteiger partial charge in [-0.05, 0) is 40.3 Å². The maximum absolute atomic E-state index is 13.1. The number of rotatable bonds is 8. The number of nitrogen functional groups attached to an aromatic ring is 1. The normalized spacial score (nSPS) is 12.6. The van der Waals surface area contributed by atoms with E-state index in [1.807, 2.05) is 54.6 Å². The van der Waals surface area contributed by atoms with Crippen molar-refractivity contribution in [2.75, 3.05) is 17.7 Å². The van der Waals surface area contributed by atoms with Gasteiger partial charge in [0, 0.05) is 18.1 Å². The molecule has 39 heavy (non-hydrogen) atoms. The average molecular weight is 539 g/mol. The lowest BCUT2D eigenvalue weighted by Gasteiger charge is -2.22. The number of carbonyl (C=O) groups excluding carboxylic acids is 1. The lowest BCUT2D eigenvalue weighted by Crippen LogP contribution is -2.45. The topological polar surface area (TPSA) is 120 Å². The number of hydrogen-bond acceptors (Lipinski definition) is 6. The first-order valence-electron chi connectivity index (χ1n) is 12.4. The van der Waals surface area contributed by atoms with Crippen molar-refractivity contribution in [3.05, 3.63) is 124 Å². The van der Waals surface area contributed by atoms with E-state index in [2.05, 4.69) is 34.9 Å². The molecule has 4 N–H and O–H groups in total. The van der Waals surface area contributed by atoms with E-state index in [4.69, 9.17) is 22.7 Å². The lowest BCUT2D eigenvalue weighted by atomic mass is 9.98. The highest BCUT2D eigenvalue weighted by Crippen LogP contribution is 2.44. The number of nitrogens with zero attached hydrogens (tertiary/aromatic N) is 1. The molecule has 0 bridgehead atoms. The molecule has 0 saturated heterocycles. The Balaban J connectivity index is 1.32. The van der Waals surface area contributed by atoms with E-state index in [1.165, 1.54) is 18.2 Å². The van der Waals surface area contributed by atoms with E-state index in [-0.39, 0.29) is 23.2 Å². The van der Waals surface area contributed by atoms with Crippen molar-refractivity contribution in [2.45, 2.75) is 18.4 Å². The van der Waals surface area contributed by atoms with E-state index < -0.39 is 17.1 Å². The van der Waals surface area contributed by atoms with Gasteiger partial charge in [0.05, 0.1) is 22.3 Å². The molecular weight excluding hydrogens is 512 g/mol. The van der Waals surface area contributed by atoms with Gasteiger partial charge < -0.3 is 21.1 Å². The number of benzene rings is 4. The first kappa shape index (κ1) is 25.9. The molecule has 8 nitrogen and oxygen atoms in total. The molecule has 1 aliphatic rings. The SMILES string of the molecule is Nc1ccc([N+](=O)[O-])cc1NC(=S)C(Cc1ccccc1)NC(=O)OCC1c2ccccc2-c2ccccc21. The second-order valence-electron chi connectivity index (χ2n) is 9.23. The molecule has 5 rings (SSSR count). The number of hydrogen-bond donors (Lipinski definition) is 3. The summed E-state index contributed by atoms with van der Waals surface area (Å²) in [6, 6.07) is 29.2. The Kier molecular flexibility index (Phi) is 7.51.